The number of hydrogen-bond acceptors (Lipinski definition) is 3. The molecule has 3 aromatic carbocycles. The molecule has 0 aliphatic carbocycles. The fourth-order valence-electron chi connectivity index (χ4n) is 3.68. The molecule has 2 amide bonds. The first-order chi connectivity index (χ1) is 17.0. The number of aryl methyl sites for hydroxylation is 1. The highest BCUT2D eigenvalue weighted by atomic mass is 19.1. The lowest BCUT2D eigenvalue weighted by Crippen LogP contribution is -2.30. The third kappa shape index (κ3) is 6.60. The first-order valence-electron chi connectivity index (χ1n) is 11.4. The third-order valence-electron chi connectivity index (χ3n) is 5.58. The van der Waals surface area contributed by atoms with Gasteiger partial charge in [0.25, 0.3) is 5.91 Å². The normalized spacial score (nSPS) is 10.6. The van der Waals surface area contributed by atoms with Crippen LogP contribution in [0, 0.1) is 12.7 Å². The molecule has 0 unspecified atom stereocenters. The molecule has 1 heterocycles. The van der Waals surface area contributed by atoms with Crippen LogP contribution < -0.4 is 10.2 Å². The number of anilines is 1. The van der Waals surface area contributed by atoms with Gasteiger partial charge < -0.3 is 10.2 Å². The number of nitrogens with one attached hydrogen (secondary N) is 1. The zero-order valence-electron chi connectivity index (χ0n) is 19.4. The van der Waals surface area contributed by atoms with Crippen LogP contribution in [0.3, 0.4) is 0 Å². The molecule has 0 spiro atoms. The van der Waals surface area contributed by atoms with E-state index in [1.807, 2.05) is 61.5 Å². The lowest BCUT2D eigenvalue weighted by molar-refractivity contribution is -0.120. The van der Waals surface area contributed by atoms with Crippen molar-refractivity contribution in [3.63, 3.8) is 0 Å². The summed E-state index contributed by atoms with van der Waals surface area (Å²) < 4.78 is 13.4. The van der Waals surface area contributed by atoms with Crippen LogP contribution in [0.25, 0.3) is 0 Å². The smallest absolute Gasteiger partial charge is 0.258 e. The number of amides is 2. The maximum atomic E-state index is 13.5. The standard InChI is InChI=1S/C29H26FN3O2/c1-21-8-12-24(13-9-21)29(35)33(20-22-10-14-25(30)15-11-22)27-7-4-5-23(17-27)18-28(34)32-19-26-6-2-3-16-31-26/h2-17H,18-20H2,1H3,(H,32,34). The van der Waals surface area contributed by atoms with Gasteiger partial charge in [-0.05, 0) is 66.6 Å². The van der Waals surface area contributed by atoms with Crippen LogP contribution in [0.1, 0.15) is 32.7 Å². The fraction of sp³-hybridized carbons (Fsp3) is 0.138. The van der Waals surface area contributed by atoms with Gasteiger partial charge in [0.05, 0.1) is 25.2 Å². The average Bonchev–Trinajstić information content (AvgIpc) is 2.88. The molecule has 0 atom stereocenters. The monoisotopic (exact) mass is 467 g/mol. The molecular weight excluding hydrogens is 441 g/mol. The van der Waals surface area contributed by atoms with E-state index in [4.69, 9.17) is 0 Å². The Morgan fingerprint density at radius 2 is 1.66 bits per heavy atom. The quantitative estimate of drug-likeness (QED) is 0.386. The highest BCUT2D eigenvalue weighted by Gasteiger charge is 2.19. The second-order valence-corrected chi connectivity index (χ2v) is 8.33. The van der Waals surface area contributed by atoms with Gasteiger partial charge in [0.2, 0.25) is 5.91 Å². The van der Waals surface area contributed by atoms with Gasteiger partial charge in [0.1, 0.15) is 5.82 Å². The minimum Gasteiger partial charge on any atom is -0.350 e. The first-order valence-corrected chi connectivity index (χ1v) is 11.4. The SMILES string of the molecule is Cc1ccc(C(=O)N(Cc2ccc(F)cc2)c2cccc(CC(=O)NCc3ccccn3)c2)cc1. The number of nitrogens with zero attached hydrogens (tertiary/aromatic N) is 2. The fourth-order valence-corrected chi connectivity index (χ4v) is 3.68. The lowest BCUT2D eigenvalue weighted by atomic mass is 10.1. The van der Waals surface area contributed by atoms with Crippen molar-refractivity contribution in [2.45, 2.75) is 26.4 Å². The molecule has 4 aromatic rings. The Bertz CT molecular complexity index is 1290. The number of benzene rings is 3. The van der Waals surface area contributed by atoms with E-state index in [2.05, 4.69) is 10.3 Å². The minimum atomic E-state index is -0.330. The molecule has 35 heavy (non-hydrogen) atoms. The van der Waals surface area contributed by atoms with Crippen molar-refractivity contribution in [3.05, 3.63) is 131 Å². The molecule has 1 aromatic heterocycles. The topological polar surface area (TPSA) is 62.3 Å². The van der Waals surface area contributed by atoms with Crippen molar-refractivity contribution >= 4 is 17.5 Å². The first kappa shape index (κ1) is 23.8. The van der Waals surface area contributed by atoms with Crippen LogP contribution in [-0.2, 0) is 24.3 Å². The van der Waals surface area contributed by atoms with Gasteiger partial charge in [-0.25, -0.2) is 4.39 Å². The molecule has 0 saturated heterocycles. The van der Waals surface area contributed by atoms with Crippen molar-refractivity contribution in [2.75, 3.05) is 4.90 Å². The molecule has 0 fully saturated rings. The van der Waals surface area contributed by atoms with Crippen LogP contribution in [0.15, 0.2) is 97.2 Å². The molecule has 0 aliphatic heterocycles. The molecule has 5 nitrogen and oxygen atoms in total. The molecule has 6 heteroatoms. The zero-order valence-corrected chi connectivity index (χ0v) is 19.4. The van der Waals surface area contributed by atoms with E-state index in [0.717, 1.165) is 22.4 Å². The second-order valence-electron chi connectivity index (χ2n) is 8.33. The molecule has 1 N–H and O–H groups in total. The van der Waals surface area contributed by atoms with Crippen LogP contribution in [0.2, 0.25) is 0 Å². The summed E-state index contributed by atoms with van der Waals surface area (Å²) in [6, 6.07) is 26.4. The summed E-state index contributed by atoms with van der Waals surface area (Å²) in [7, 11) is 0. The van der Waals surface area contributed by atoms with Gasteiger partial charge in [-0.3, -0.25) is 14.6 Å². The van der Waals surface area contributed by atoms with Crippen molar-refractivity contribution in [2.24, 2.45) is 0 Å². The van der Waals surface area contributed by atoms with Crippen molar-refractivity contribution in [1.82, 2.24) is 10.3 Å². The molecule has 0 aliphatic rings. The van der Waals surface area contributed by atoms with Gasteiger partial charge in [0.15, 0.2) is 0 Å². The Kier molecular flexibility index (Phi) is 7.63. The van der Waals surface area contributed by atoms with Crippen LogP contribution in [0.4, 0.5) is 10.1 Å². The summed E-state index contributed by atoms with van der Waals surface area (Å²) in [5.74, 6) is -0.641. The maximum Gasteiger partial charge on any atom is 0.258 e. The Labute approximate surface area is 204 Å². The third-order valence-corrected chi connectivity index (χ3v) is 5.58. The van der Waals surface area contributed by atoms with E-state index in [0.29, 0.717) is 17.8 Å². The molecule has 0 bridgehead atoms. The molecule has 0 saturated carbocycles. The van der Waals surface area contributed by atoms with E-state index in [1.165, 1.54) is 12.1 Å². The van der Waals surface area contributed by atoms with Crippen LogP contribution in [0.5, 0.6) is 0 Å². The number of rotatable bonds is 8. The predicted octanol–water partition coefficient (Wildman–Crippen LogP) is 5.24. The van der Waals surface area contributed by atoms with E-state index in [9.17, 15) is 14.0 Å². The summed E-state index contributed by atoms with van der Waals surface area (Å²) >= 11 is 0. The van der Waals surface area contributed by atoms with Crippen molar-refractivity contribution < 1.29 is 14.0 Å². The Morgan fingerprint density at radius 1 is 0.886 bits per heavy atom. The number of carbonyl (C=O) groups is 2. The molecular formula is C29H26FN3O2. The summed E-state index contributed by atoms with van der Waals surface area (Å²) in [5, 5.41) is 2.88. The van der Waals surface area contributed by atoms with Gasteiger partial charge in [-0.15, -0.1) is 0 Å². The number of halogens is 1. The second kappa shape index (κ2) is 11.2. The average molecular weight is 468 g/mol. The minimum absolute atomic E-state index is 0.136. The van der Waals surface area contributed by atoms with E-state index >= 15 is 0 Å². The van der Waals surface area contributed by atoms with E-state index < -0.39 is 0 Å². The number of pyridine rings is 1. The summed E-state index contributed by atoms with van der Waals surface area (Å²) in [6.45, 7) is 2.58. The highest BCUT2D eigenvalue weighted by Crippen LogP contribution is 2.22. The van der Waals surface area contributed by atoms with Crippen LogP contribution >= 0.6 is 0 Å². The molecule has 0 radical (unpaired) electrons. The zero-order chi connectivity index (χ0) is 24.6. The Hall–Kier alpha value is -4.32. The van der Waals surface area contributed by atoms with Gasteiger partial charge in [-0.2, -0.15) is 0 Å². The summed E-state index contributed by atoms with van der Waals surface area (Å²) in [4.78, 5) is 31.9. The van der Waals surface area contributed by atoms with Crippen molar-refractivity contribution in [1.29, 1.82) is 0 Å². The predicted molar refractivity (Wildman–Crippen MR) is 134 cm³/mol. The summed E-state index contributed by atoms with van der Waals surface area (Å²) in [5.41, 5.74) is 4.63. The molecule has 176 valence electrons. The van der Waals surface area contributed by atoms with Crippen LogP contribution in [-0.4, -0.2) is 16.8 Å². The maximum absolute atomic E-state index is 13.5. The van der Waals surface area contributed by atoms with Gasteiger partial charge in [-0.1, -0.05) is 48.0 Å². The Balaban J connectivity index is 1.54. The summed E-state index contributed by atoms with van der Waals surface area (Å²) in [6.07, 6.45) is 1.86. The lowest BCUT2D eigenvalue weighted by Gasteiger charge is -2.24. The van der Waals surface area contributed by atoms with Gasteiger partial charge in [0, 0.05) is 17.4 Å². The van der Waals surface area contributed by atoms with Gasteiger partial charge >= 0.3 is 0 Å². The van der Waals surface area contributed by atoms with E-state index in [-0.39, 0.29) is 30.6 Å². The molecule has 4 rings (SSSR count). The Morgan fingerprint density at radius 3 is 2.37 bits per heavy atom. The number of hydrogen-bond donors (Lipinski definition) is 1. The highest BCUT2D eigenvalue weighted by molar-refractivity contribution is 6.06. The number of aromatic nitrogens is 1. The van der Waals surface area contributed by atoms with Crippen molar-refractivity contribution in [3.8, 4) is 0 Å². The largest absolute Gasteiger partial charge is 0.350 e. The number of carbonyl (C=O) groups excluding carboxylic acids is 2. The van der Waals surface area contributed by atoms with E-state index in [1.54, 1.807) is 35.4 Å².